The lowest BCUT2D eigenvalue weighted by molar-refractivity contribution is 0.633. The topological polar surface area (TPSA) is 16.4 Å². The average Bonchev–Trinajstić information content (AvgIpc) is 4.06. The molecule has 0 aliphatic heterocycles. The molecule has 0 bridgehead atoms. The molecule has 15 rings (SSSR count). The summed E-state index contributed by atoms with van der Waals surface area (Å²) in [7, 11) is 0. The van der Waals surface area contributed by atoms with E-state index >= 15 is 0 Å². The van der Waals surface area contributed by atoms with Crippen LogP contribution in [0.4, 0.5) is 17.1 Å². The third kappa shape index (κ3) is 5.17. The second-order valence-electron chi connectivity index (χ2n) is 19.0. The zero-order valence-corrected chi connectivity index (χ0v) is 38.2. The molecule has 0 saturated heterocycles. The Balaban J connectivity index is 0.871. The van der Waals surface area contributed by atoms with E-state index in [0.29, 0.717) is 0 Å². The summed E-state index contributed by atoms with van der Waals surface area (Å²) in [5.41, 5.74) is 24.7. The van der Waals surface area contributed by atoms with Crippen molar-refractivity contribution in [1.29, 1.82) is 0 Å². The van der Waals surface area contributed by atoms with Crippen molar-refractivity contribution < 1.29 is 4.42 Å². The molecule has 70 heavy (non-hydrogen) atoms. The second-order valence-corrected chi connectivity index (χ2v) is 19.0. The molecular formula is C68H43NO. The quantitative estimate of drug-likeness (QED) is 0.171. The molecule has 0 unspecified atom stereocenters. The van der Waals surface area contributed by atoms with Gasteiger partial charge >= 0.3 is 0 Å². The fourth-order valence-electron chi connectivity index (χ4n) is 13.0. The van der Waals surface area contributed by atoms with Crippen LogP contribution >= 0.6 is 0 Å². The molecule has 0 N–H and O–H groups in total. The summed E-state index contributed by atoms with van der Waals surface area (Å²) in [4.78, 5) is 2.37. The van der Waals surface area contributed by atoms with Crippen molar-refractivity contribution in [2.45, 2.75) is 10.8 Å². The van der Waals surface area contributed by atoms with Crippen molar-refractivity contribution in [3.05, 3.63) is 305 Å². The first-order valence-electron chi connectivity index (χ1n) is 24.3. The van der Waals surface area contributed by atoms with Gasteiger partial charge in [0, 0.05) is 27.7 Å². The molecule has 2 spiro atoms. The molecule has 11 aromatic carbocycles. The van der Waals surface area contributed by atoms with E-state index in [1.165, 1.54) is 77.9 Å². The van der Waals surface area contributed by atoms with Crippen molar-refractivity contribution in [2.75, 3.05) is 4.90 Å². The van der Waals surface area contributed by atoms with Crippen LogP contribution in [0.25, 0.3) is 66.4 Å². The van der Waals surface area contributed by atoms with E-state index < -0.39 is 10.8 Å². The second kappa shape index (κ2) is 14.8. The van der Waals surface area contributed by atoms with Crippen LogP contribution in [0.2, 0.25) is 0 Å². The smallest absolute Gasteiger partial charge is 0.136 e. The minimum Gasteiger partial charge on any atom is -0.456 e. The van der Waals surface area contributed by atoms with E-state index in [1.54, 1.807) is 0 Å². The van der Waals surface area contributed by atoms with Crippen molar-refractivity contribution in [3.63, 3.8) is 0 Å². The van der Waals surface area contributed by atoms with Crippen molar-refractivity contribution in [3.8, 4) is 44.5 Å². The first-order chi connectivity index (χ1) is 34.7. The van der Waals surface area contributed by atoms with Crippen molar-refractivity contribution in [1.82, 2.24) is 0 Å². The van der Waals surface area contributed by atoms with E-state index in [1.807, 2.05) is 12.1 Å². The largest absolute Gasteiger partial charge is 0.456 e. The van der Waals surface area contributed by atoms with Crippen LogP contribution in [0.1, 0.15) is 44.5 Å². The maximum atomic E-state index is 6.38. The normalized spacial score (nSPS) is 13.9. The lowest BCUT2D eigenvalue weighted by Crippen LogP contribution is -2.43. The summed E-state index contributed by atoms with van der Waals surface area (Å²) in [5, 5.41) is 2.26. The Hall–Kier alpha value is -8.98. The predicted octanol–water partition coefficient (Wildman–Crippen LogP) is 17.4. The van der Waals surface area contributed by atoms with Gasteiger partial charge in [-0.1, -0.05) is 206 Å². The summed E-state index contributed by atoms with van der Waals surface area (Å²) >= 11 is 0. The predicted molar refractivity (Wildman–Crippen MR) is 287 cm³/mol. The highest BCUT2D eigenvalue weighted by Crippen LogP contribution is 2.67. The van der Waals surface area contributed by atoms with E-state index in [-0.39, 0.29) is 0 Å². The number of furan rings is 1. The van der Waals surface area contributed by atoms with E-state index in [2.05, 4.69) is 254 Å². The maximum Gasteiger partial charge on any atom is 0.136 e. The van der Waals surface area contributed by atoms with Gasteiger partial charge in [-0.15, -0.1) is 0 Å². The van der Waals surface area contributed by atoms with Crippen LogP contribution in [-0.2, 0) is 10.8 Å². The molecule has 0 radical (unpaired) electrons. The molecule has 2 heteroatoms. The minimum absolute atomic E-state index is 0.457. The molecule has 0 amide bonds. The van der Waals surface area contributed by atoms with Gasteiger partial charge in [0.2, 0.25) is 0 Å². The number of nitrogens with zero attached hydrogens (tertiary/aromatic N) is 1. The average molecular weight is 890 g/mol. The Morgan fingerprint density at radius 2 is 0.686 bits per heavy atom. The van der Waals surface area contributed by atoms with Crippen LogP contribution in [0.5, 0.6) is 0 Å². The number of para-hydroxylation sites is 3. The molecule has 0 saturated carbocycles. The highest BCUT2D eigenvalue weighted by molar-refractivity contribution is 6.06. The molecular weight excluding hydrogens is 847 g/mol. The van der Waals surface area contributed by atoms with E-state index in [4.69, 9.17) is 4.42 Å². The summed E-state index contributed by atoms with van der Waals surface area (Å²) < 4.78 is 6.38. The van der Waals surface area contributed by atoms with Gasteiger partial charge in [0.15, 0.2) is 0 Å². The summed E-state index contributed by atoms with van der Waals surface area (Å²) in [6.45, 7) is 0. The van der Waals surface area contributed by atoms with Crippen molar-refractivity contribution >= 4 is 39.0 Å². The monoisotopic (exact) mass is 889 g/mol. The number of benzene rings is 11. The third-order valence-electron chi connectivity index (χ3n) is 15.8. The molecule has 12 aromatic rings. The first kappa shape index (κ1) is 39.1. The molecule has 2 nitrogen and oxygen atoms in total. The highest BCUT2D eigenvalue weighted by atomic mass is 16.3. The van der Waals surface area contributed by atoms with Gasteiger partial charge in [0.1, 0.15) is 11.2 Å². The van der Waals surface area contributed by atoms with Gasteiger partial charge in [0.25, 0.3) is 0 Å². The fourth-order valence-corrected chi connectivity index (χ4v) is 13.0. The SMILES string of the molecule is c1ccc(N(c2ccc(-c3ccc4c(c3)-c3ccccc3C43c4ccccc4C4(c5ccccc5-c5ccccc54)c4ccccc43)cc2)c2ccccc2-c2ccc3c(c2)oc2ccccc23)cc1. The van der Waals surface area contributed by atoms with Gasteiger partial charge in [-0.2, -0.15) is 0 Å². The molecule has 1 heterocycles. The molecule has 3 aliphatic carbocycles. The number of hydrogen-bond donors (Lipinski definition) is 0. The molecule has 3 aliphatic rings. The van der Waals surface area contributed by atoms with Crippen LogP contribution in [-0.4, -0.2) is 0 Å². The molecule has 0 atom stereocenters. The first-order valence-corrected chi connectivity index (χ1v) is 24.3. The van der Waals surface area contributed by atoms with Gasteiger partial charge in [-0.05, 0) is 138 Å². The van der Waals surface area contributed by atoms with E-state index in [0.717, 1.165) is 50.1 Å². The highest BCUT2D eigenvalue weighted by Gasteiger charge is 2.58. The van der Waals surface area contributed by atoms with Crippen LogP contribution in [0.3, 0.4) is 0 Å². The molecule has 0 fully saturated rings. The summed E-state index contributed by atoms with van der Waals surface area (Å²) in [6, 6.07) is 96.7. The lowest BCUT2D eigenvalue weighted by Gasteiger charge is -2.48. The number of anilines is 3. The van der Waals surface area contributed by atoms with Gasteiger partial charge in [0.05, 0.1) is 16.5 Å². The standard InChI is InChI=1S/C68H43NO/c1-2-18-47(19-3-1)69(64-32-16-7-20-49(64)46-36-40-54-53-24-8-17-33-65(53)70-66(54)43-46)48-38-34-44(35-39-48)45-37-41-59-55(42-45)52-23-6-11-27-58(52)68(59)62-30-14-12-28-60(62)67(61-29-13-15-31-63(61)68)56-25-9-4-21-50(56)51-22-5-10-26-57(51)67/h1-43H. The Labute approximate surface area is 407 Å². The van der Waals surface area contributed by atoms with Crippen LogP contribution in [0, 0.1) is 0 Å². The van der Waals surface area contributed by atoms with Crippen molar-refractivity contribution in [2.24, 2.45) is 0 Å². The Bertz CT molecular complexity index is 3990. The fraction of sp³-hybridized carbons (Fsp3) is 0.0294. The third-order valence-corrected chi connectivity index (χ3v) is 15.8. The Morgan fingerprint density at radius 3 is 1.30 bits per heavy atom. The van der Waals surface area contributed by atoms with E-state index in [9.17, 15) is 0 Å². The summed E-state index contributed by atoms with van der Waals surface area (Å²) in [5.74, 6) is 0. The van der Waals surface area contributed by atoms with Gasteiger partial charge < -0.3 is 9.32 Å². The zero-order chi connectivity index (χ0) is 46.0. The zero-order valence-electron chi connectivity index (χ0n) is 38.2. The summed E-state index contributed by atoms with van der Waals surface area (Å²) in [6.07, 6.45) is 0. The van der Waals surface area contributed by atoms with Crippen LogP contribution < -0.4 is 4.90 Å². The van der Waals surface area contributed by atoms with Gasteiger partial charge in [-0.25, -0.2) is 0 Å². The lowest BCUT2D eigenvalue weighted by atomic mass is 9.52. The Morgan fingerprint density at radius 1 is 0.257 bits per heavy atom. The minimum atomic E-state index is -0.516. The number of hydrogen-bond acceptors (Lipinski definition) is 2. The van der Waals surface area contributed by atoms with Crippen LogP contribution in [0.15, 0.2) is 265 Å². The molecule has 326 valence electrons. The maximum absolute atomic E-state index is 6.38. The number of fused-ring (bicyclic) bond motifs is 19. The Kier molecular flexibility index (Phi) is 8.24. The van der Waals surface area contributed by atoms with Gasteiger partial charge in [-0.3, -0.25) is 0 Å². The molecule has 1 aromatic heterocycles. The number of rotatable bonds is 5.